The lowest BCUT2D eigenvalue weighted by atomic mass is 10.3. The minimum Gasteiger partial charge on any atom is -0.488 e. The molecule has 0 saturated carbocycles. The Morgan fingerprint density at radius 1 is 0.800 bits per heavy atom. The average Bonchev–Trinajstić information content (AvgIpc) is 2.44. The maximum atomic E-state index is 5.74. The first-order valence-corrected chi connectivity index (χ1v) is 7.05. The van der Waals surface area contributed by atoms with Crippen LogP contribution >= 0.6 is 0 Å². The van der Waals surface area contributed by atoms with Crippen LogP contribution in [0.5, 0.6) is 5.75 Å². The Morgan fingerprint density at radius 3 is 1.95 bits per heavy atom. The van der Waals surface area contributed by atoms with Crippen LogP contribution < -0.4 is 4.74 Å². The summed E-state index contributed by atoms with van der Waals surface area (Å²) in [6.45, 7) is 7.67. The van der Waals surface area contributed by atoms with Crippen LogP contribution in [0.25, 0.3) is 0 Å². The number of methoxy groups -OCH3 is 1. The first kappa shape index (κ1) is 17.0. The smallest absolute Gasteiger partial charge is 0.119 e. The predicted molar refractivity (Wildman–Crippen MR) is 79.2 cm³/mol. The molecular weight excluding hydrogens is 256 g/mol. The van der Waals surface area contributed by atoms with E-state index in [4.69, 9.17) is 18.9 Å². The van der Waals surface area contributed by atoms with Gasteiger partial charge in [-0.25, -0.2) is 0 Å². The van der Waals surface area contributed by atoms with E-state index < -0.39 is 0 Å². The highest BCUT2D eigenvalue weighted by molar-refractivity contribution is 5.21. The zero-order chi connectivity index (χ0) is 14.8. The van der Waals surface area contributed by atoms with Gasteiger partial charge in [0.1, 0.15) is 11.9 Å². The number of para-hydroxylation sites is 1. The second-order valence-electron chi connectivity index (χ2n) is 4.98. The molecule has 4 heteroatoms. The van der Waals surface area contributed by atoms with Gasteiger partial charge in [-0.05, 0) is 32.9 Å². The van der Waals surface area contributed by atoms with Crippen LogP contribution in [0.3, 0.4) is 0 Å². The third-order valence-corrected chi connectivity index (χ3v) is 2.71. The van der Waals surface area contributed by atoms with E-state index in [-0.39, 0.29) is 18.3 Å². The normalized spacial score (nSPS) is 15.6. The average molecular weight is 282 g/mol. The zero-order valence-electron chi connectivity index (χ0n) is 12.9. The van der Waals surface area contributed by atoms with Crippen LogP contribution in [-0.4, -0.2) is 45.2 Å². The molecule has 0 heterocycles. The maximum Gasteiger partial charge on any atom is 0.119 e. The topological polar surface area (TPSA) is 36.9 Å². The molecule has 0 aliphatic carbocycles. The van der Waals surface area contributed by atoms with E-state index in [1.54, 1.807) is 7.11 Å². The summed E-state index contributed by atoms with van der Waals surface area (Å²) in [5, 5.41) is 0. The lowest BCUT2D eigenvalue weighted by molar-refractivity contribution is -0.0631. The van der Waals surface area contributed by atoms with Gasteiger partial charge < -0.3 is 18.9 Å². The maximum absolute atomic E-state index is 5.74. The summed E-state index contributed by atoms with van der Waals surface area (Å²) in [7, 11) is 1.67. The number of ether oxygens (including phenoxy) is 4. The van der Waals surface area contributed by atoms with Crippen molar-refractivity contribution in [1.82, 2.24) is 0 Å². The molecule has 0 N–H and O–H groups in total. The summed E-state index contributed by atoms with van der Waals surface area (Å²) in [6, 6.07) is 9.76. The van der Waals surface area contributed by atoms with E-state index in [0.29, 0.717) is 19.8 Å². The van der Waals surface area contributed by atoms with Crippen LogP contribution in [-0.2, 0) is 14.2 Å². The molecule has 0 radical (unpaired) electrons. The largest absolute Gasteiger partial charge is 0.488 e. The fourth-order valence-electron chi connectivity index (χ4n) is 1.70. The molecule has 1 aromatic rings. The SMILES string of the molecule is COCC(C)OCC(C)OCC(C)Oc1ccccc1. The van der Waals surface area contributed by atoms with E-state index in [0.717, 1.165) is 5.75 Å². The summed E-state index contributed by atoms with van der Waals surface area (Å²) < 4.78 is 22.1. The molecule has 0 aliphatic rings. The first-order chi connectivity index (χ1) is 9.61. The van der Waals surface area contributed by atoms with Crippen LogP contribution in [0.2, 0.25) is 0 Å². The summed E-state index contributed by atoms with van der Waals surface area (Å²) >= 11 is 0. The van der Waals surface area contributed by atoms with Gasteiger partial charge in [0.2, 0.25) is 0 Å². The van der Waals surface area contributed by atoms with Crippen molar-refractivity contribution in [3.05, 3.63) is 30.3 Å². The third-order valence-electron chi connectivity index (χ3n) is 2.71. The van der Waals surface area contributed by atoms with Gasteiger partial charge in [0.05, 0.1) is 32.0 Å². The van der Waals surface area contributed by atoms with E-state index in [1.165, 1.54) is 0 Å². The molecule has 3 atom stereocenters. The van der Waals surface area contributed by atoms with Gasteiger partial charge in [0, 0.05) is 7.11 Å². The number of hydrogen-bond donors (Lipinski definition) is 0. The van der Waals surface area contributed by atoms with Crippen molar-refractivity contribution in [2.24, 2.45) is 0 Å². The lowest BCUT2D eigenvalue weighted by Crippen LogP contribution is -2.27. The molecule has 0 amide bonds. The van der Waals surface area contributed by atoms with Gasteiger partial charge in [0.15, 0.2) is 0 Å². The Morgan fingerprint density at radius 2 is 1.35 bits per heavy atom. The van der Waals surface area contributed by atoms with Crippen molar-refractivity contribution in [1.29, 1.82) is 0 Å². The minimum absolute atomic E-state index is 0.0104. The number of benzene rings is 1. The Bertz CT molecular complexity index is 342. The molecule has 114 valence electrons. The van der Waals surface area contributed by atoms with Gasteiger partial charge in [-0.1, -0.05) is 18.2 Å². The molecule has 0 bridgehead atoms. The lowest BCUT2D eigenvalue weighted by Gasteiger charge is -2.20. The molecule has 20 heavy (non-hydrogen) atoms. The van der Waals surface area contributed by atoms with Crippen LogP contribution in [0, 0.1) is 0 Å². The molecule has 0 aliphatic heterocycles. The fourth-order valence-corrected chi connectivity index (χ4v) is 1.70. The van der Waals surface area contributed by atoms with Crippen LogP contribution in [0.15, 0.2) is 30.3 Å². The molecule has 4 nitrogen and oxygen atoms in total. The van der Waals surface area contributed by atoms with E-state index >= 15 is 0 Å². The Labute approximate surface area is 122 Å². The summed E-state index contributed by atoms with van der Waals surface area (Å²) in [6.07, 6.45) is 0.136. The molecule has 3 unspecified atom stereocenters. The Hall–Kier alpha value is -1.10. The fraction of sp³-hybridized carbons (Fsp3) is 0.625. The third kappa shape index (κ3) is 7.48. The van der Waals surface area contributed by atoms with Crippen molar-refractivity contribution in [3.63, 3.8) is 0 Å². The van der Waals surface area contributed by atoms with Crippen molar-refractivity contribution in [3.8, 4) is 5.75 Å². The molecule has 1 rings (SSSR count). The van der Waals surface area contributed by atoms with Crippen molar-refractivity contribution in [2.75, 3.05) is 26.9 Å². The molecule has 1 aromatic carbocycles. The van der Waals surface area contributed by atoms with Crippen molar-refractivity contribution in [2.45, 2.75) is 39.1 Å². The second kappa shape index (κ2) is 9.75. The minimum atomic E-state index is 0.0104. The molecule has 0 spiro atoms. The Kier molecular flexibility index (Phi) is 8.26. The number of hydrogen-bond acceptors (Lipinski definition) is 4. The quantitative estimate of drug-likeness (QED) is 0.661. The monoisotopic (exact) mass is 282 g/mol. The first-order valence-electron chi connectivity index (χ1n) is 7.05. The van der Waals surface area contributed by atoms with E-state index in [1.807, 2.05) is 51.1 Å². The summed E-state index contributed by atoms with van der Waals surface area (Å²) in [5.74, 6) is 0.862. The van der Waals surface area contributed by atoms with Gasteiger partial charge in [-0.3, -0.25) is 0 Å². The van der Waals surface area contributed by atoms with Crippen LogP contribution in [0.4, 0.5) is 0 Å². The van der Waals surface area contributed by atoms with Gasteiger partial charge in [-0.15, -0.1) is 0 Å². The van der Waals surface area contributed by atoms with Gasteiger partial charge in [-0.2, -0.15) is 0 Å². The van der Waals surface area contributed by atoms with E-state index in [2.05, 4.69) is 0 Å². The molecule has 0 fully saturated rings. The predicted octanol–water partition coefficient (Wildman–Crippen LogP) is 2.91. The van der Waals surface area contributed by atoms with Crippen LogP contribution in [0.1, 0.15) is 20.8 Å². The highest BCUT2D eigenvalue weighted by Crippen LogP contribution is 2.11. The summed E-state index contributed by atoms with van der Waals surface area (Å²) in [4.78, 5) is 0. The molecule has 0 aromatic heterocycles. The van der Waals surface area contributed by atoms with Gasteiger partial charge in [0.25, 0.3) is 0 Å². The van der Waals surface area contributed by atoms with E-state index in [9.17, 15) is 0 Å². The van der Waals surface area contributed by atoms with Crippen molar-refractivity contribution >= 4 is 0 Å². The van der Waals surface area contributed by atoms with Crippen molar-refractivity contribution < 1.29 is 18.9 Å². The highest BCUT2D eigenvalue weighted by Gasteiger charge is 2.10. The standard InChI is InChI=1S/C16H26O4/c1-13(10-17-4)18-11-14(2)19-12-15(3)20-16-8-6-5-7-9-16/h5-9,13-15H,10-12H2,1-4H3. The molecular formula is C16H26O4. The number of rotatable bonds is 10. The second-order valence-corrected chi connectivity index (χ2v) is 4.98. The zero-order valence-corrected chi connectivity index (χ0v) is 12.9. The molecule has 0 saturated heterocycles. The highest BCUT2D eigenvalue weighted by atomic mass is 16.6. The summed E-state index contributed by atoms with van der Waals surface area (Å²) in [5.41, 5.74) is 0. The van der Waals surface area contributed by atoms with Gasteiger partial charge >= 0.3 is 0 Å². The Balaban J connectivity index is 2.15.